The number of thioether (sulfide) groups is 1. The number of aryl methyl sites for hydroxylation is 2. The topological polar surface area (TPSA) is 66.5 Å². The molecule has 0 atom stereocenters. The number of furan rings is 1. The molecular formula is C20H33N5O2S2. The van der Waals surface area contributed by atoms with Crippen LogP contribution in [-0.2, 0) is 25.3 Å². The van der Waals surface area contributed by atoms with Gasteiger partial charge in [0.2, 0.25) is 0 Å². The van der Waals surface area contributed by atoms with Gasteiger partial charge in [-0.1, -0.05) is 19.7 Å². The van der Waals surface area contributed by atoms with Crippen LogP contribution in [0.5, 0.6) is 0 Å². The summed E-state index contributed by atoms with van der Waals surface area (Å²) < 4.78 is 9.38. The summed E-state index contributed by atoms with van der Waals surface area (Å²) in [6.07, 6.45) is 6.72. The third kappa shape index (κ3) is 8.76. The number of imidazole rings is 1. The number of nitrogens with zero attached hydrogens (tertiary/aromatic N) is 4. The maximum Gasteiger partial charge on any atom is 0.327 e. The zero-order valence-electron chi connectivity index (χ0n) is 17.6. The lowest BCUT2D eigenvalue weighted by Crippen LogP contribution is -2.36. The Hall–Kier alpha value is -1.58. The van der Waals surface area contributed by atoms with Crippen molar-refractivity contribution in [2.24, 2.45) is 0 Å². The minimum Gasteiger partial charge on any atom is -0.464 e. The van der Waals surface area contributed by atoms with Gasteiger partial charge >= 0.3 is 6.03 Å². The Balaban J connectivity index is 1.56. The third-order valence-electron chi connectivity index (χ3n) is 4.23. The lowest BCUT2D eigenvalue weighted by molar-refractivity contribution is 0.226. The molecule has 2 amide bonds. The van der Waals surface area contributed by atoms with Crippen molar-refractivity contribution < 1.29 is 9.21 Å². The van der Waals surface area contributed by atoms with E-state index in [2.05, 4.69) is 39.5 Å². The first-order valence-corrected chi connectivity index (χ1v) is 11.6. The SMILES string of the molecule is CCCc1nccn1CCCN(S)C(=O)NCCSCc1ccc(CN(C)C)o1. The van der Waals surface area contributed by atoms with Crippen LogP contribution in [0.3, 0.4) is 0 Å². The predicted molar refractivity (Wildman–Crippen MR) is 122 cm³/mol. The van der Waals surface area contributed by atoms with E-state index in [0.717, 1.165) is 61.2 Å². The molecule has 7 nitrogen and oxygen atoms in total. The predicted octanol–water partition coefficient (Wildman–Crippen LogP) is 3.67. The Morgan fingerprint density at radius 3 is 2.90 bits per heavy atom. The lowest BCUT2D eigenvalue weighted by atomic mass is 10.3. The first-order valence-electron chi connectivity index (χ1n) is 10.0. The van der Waals surface area contributed by atoms with Crippen molar-refractivity contribution in [1.29, 1.82) is 0 Å². The highest BCUT2D eigenvalue weighted by Gasteiger charge is 2.09. The Labute approximate surface area is 183 Å². The first-order chi connectivity index (χ1) is 14.0. The molecule has 2 rings (SSSR count). The van der Waals surface area contributed by atoms with Crippen LogP contribution in [0.1, 0.15) is 37.1 Å². The van der Waals surface area contributed by atoms with Crippen LogP contribution in [0, 0.1) is 0 Å². The van der Waals surface area contributed by atoms with Crippen molar-refractivity contribution in [3.8, 4) is 0 Å². The second-order valence-corrected chi connectivity index (χ2v) is 8.74. The smallest absolute Gasteiger partial charge is 0.327 e. The molecule has 2 aromatic heterocycles. The number of hydrogen-bond donors (Lipinski definition) is 2. The Morgan fingerprint density at radius 2 is 2.14 bits per heavy atom. The van der Waals surface area contributed by atoms with Gasteiger partial charge in [-0.15, -0.1) is 0 Å². The Bertz CT molecular complexity index is 732. The summed E-state index contributed by atoms with van der Waals surface area (Å²) in [5.41, 5.74) is 0. The van der Waals surface area contributed by atoms with Crippen LogP contribution < -0.4 is 5.32 Å². The van der Waals surface area contributed by atoms with Crippen molar-refractivity contribution in [2.75, 3.05) is 32.9 Å². The molecule has 29 heavy (non-hydrogen) atoms. The van der Waals surface area contributed by atoms with Gasteiger partial charge in [-0.3, -0.25) is 4.31 Å². The van der Waals surface area contributed by atoms with E-state index in [0.29, 0.717) is 13.1 Å². The van der Waals surface area contributed by atoms with Crippen LogP contribution in [0.25, 0.3) is 0 Å². The average Bonchev–Trinajstić information content (AvgIpc) is 3.30. The van der Waals surface area contributed by atoms with Crippen molar-refractivity contribution >= 4 is 30.6 Å². The van der Waals surface area contributed by atoms with E-state index in [-0.39, 0.29) is 6.03 Å². The number of hydrogen-bond acceptors (Lipinski definition) is 6. The number of thiol groups is 1. The molecule has 0 aliphatic rings. The number of carbonyl (C=O) groups excluding carboxylic acids is 1. The van der Waals surface area contributed by atoms with Gasteiger partial charge in [0.25, 0.3) is 0 Å². The van der Waals surface area contributed by atoms with Gasteiger partial charge in [0, 0.05) is 44.2 Å². The molecule has 0 aliphatic carbocycles. The molecule has 1 N–H and O–H groups in total. The third-order valence-corrected chi connectivity index (χ3v) is 5.60. The molecule has 0 saturated heterocycles. The van der Waals surface area contributed by atoms with E-state index in [9.17, 15) is 4.79 Å². The highest BCUT2D eigenvalue weighted by molar-refractivity contribution is 7.98. The van der Waals surface area contributed by atoms with E-state index >= 15 is 0 Å². The maximum absolute atomic E-state index is 12.1. The van der Waals surface area contributed by atoms with E-state index in [4.69, 9.17) is 4.42 Å². The summed E-state index contributed by atoms with van der Waals surface area (Å²) in [6.45, 7) is 4.99. The van der Waals surface area contributed by atoms with E-state index in [1.165, 1.54) is 4.31 Å². The van der Waals surface area contributed by atoms with Crippen molar-refractivity contribution in [2.45, 2.75) is 45.0 Å². The summed E-state index contributed by atoms with van der Waals surface area (Å²) in [5.74, 6) is 4.67. The molecule has 0 fully saturated rings. The van der Waals surface area contributed by atoms with Gasteiger partial charge in [0.05, 0.1) is 12.3 Å². The lowest BCUT2D eigenvalue weighted by Gasteiger charge is -2.17. The highest BCUT2D eigenvalue weighted by atomic mass is 32.2. The zero-order valence-corrected chi connectivity index (χ0v) is 19.3. The Kier molecular flexibility index (Phi) is 10.5. The molecule has 0 aromatic carbocycles. The number of carbonyl (C=O) groups is 1. The van der Waals surface area contributed by atoms with Crippen LogP contribution >= 0.6 is 24.6 Å². The fourth-order valence-electron chi connectivity index (χ4n) is 2.88. The van der Waals surface area contributed by atoms with Crippen LogP contribution in [0.15, 0.2) is 28.9 Å². The van der Waals surface area contributed by atoms with Crippen LogP contribution in [-0.4, -0.2) is 57.7 Å². The molecule has 0 spiro atoms. The summed E-state index contributed by atoms with van der Waals surface area (Å²) in [7, 11) is 4.04. The molecule has 0 unspecified atom stereocenters. The molecule has 0 saturated carbocycles. The average molecular weight is 440 g/mol. The molecule has 2 heterocycles. The molecule has 162 valence electrons. The summed E-state index contributed by atoms with van der Waals surface area (Å²) in [5, 5.41) is 2.91. The number of rotatable bonds is 13. The molecule has 9 heteroatoms. The van der Waals surface area contributed by atoms with Crippen molar-refractivity contribution in [1.82, 2.24) is 24.1 Å². The molecule has 0 aliphatic heterocycles. The minimum atomic E-state index is -0.153. The fraction of sp³-hybridized carbons (Fsp3) is 0.600. The van der Waals surface area contributed by atoms with Gasteiger partial charge in [-0.25, -0.2) is 9.78 Å². The van der Waals surface area contributed by atoms with Gasteiger partial charge in [0.1, 0.15) is 17.3 Å². The number of nitrogens with one attached hydrogen (secondary N) is 1. The summed E-state index contributed by atoms with van der Waals surface area (Å²) >= 11 is 6.05. The van der Waals surface area contributed by atoms with E-state index < -0.39 is 0 Å². The maximum atomic E-state index is 12.1. The normalized spacial score (nSPS) is 11.2. The largest absolute Gasteiger partial charge is 0.464 e. The quantitative estimate of drug-likeness (QED) is 0.368. The van der Waals surface area contributed by atoms with Gasteiger partial charge in [-0.2, -0.15) is 11.8 Å². The zero-order chi connectivity index (χ0) is 21.1. The summed E-state index contributed by atoms with van der Waals surface area (Å²) in [6, 6.07) is 3.89. The standard InChI is InChI=1S/C20H33N5O2S2/c1-4-6-19-21-9-13-24(19)11-5-12-25(28)20(26)22-10-14-29-16-18-8-7-17(27-18)15-23(2)3/h7-9,13,28H,4-6,10-12,14-16H2,1-3H3,(H,22,26). The first kappa shape index (κ1) is 23.7. The molecular weight excluding hydrogens is 406 g/mol. The van der Waals surface area contributed by atoms with Crippen LogP contribution in [0.2, 0.25) is 0 Å². The molecule has 2 aromatic rings. The number of amides is 2. The van der Waals surface area contributed by atoms with Crippen LogP contribution in [0.4, 0.5) is 4.79 Å². The second-order valence-electron chi connectivity index (χ2n) is 7.15. The van der Waals surface area contributed by atoms with E-state index in [1.807, 2.05) is 38.6 Å². The summed E-state index contributed by atoms with van der Waals surface area (Å²) in [4.78, 5) is 18.6. The number of urea groups is 1. The highest BCUT2D eigenvalue weighted by Crippen LogP contribution is 2.16. The van der Waals surface area contributed by atoms with Gasteiger partial charge in [-0.05, 0) is 39.1 Å². The van der Waals surface area contributed by atoms with Gasteiger partial charge in [0.15, 0.2) is 0 Å². The van der Waals surface area contributed by atoms with Crippen molar-refractivity contribution in [3.05, 3.63) is 41.9 Å². The van der Waals surface area contributed by atoms with Crippen molar-refractivity contribution in [3.63, 3.8) is 0 Å². The van der Waals surface area contributed by atoms with Gasteiger partial charge < -0.3 is 19.2 Å². The minimum absolute atomic E-state index is 0.153. The Morgan fingerprint density at radius 1 is 1.34 bits per heavy atom. The number of aromatic nitrogens is 2. The molecule has 0 radical (unpaired) electrons. The fourth-order valence-corrected chi connectivity index (χ4v) is 3.84. The molecule has 0 bridgehead atoms. The van der Waals surface area contributed by atoms with E-state index in [1.54, 1.807) is 11.8 Å². The second kappa shape index (κ2) is 12.9. The monoisotopic (exact) mass is 439 g/mol.